The van der Waals surface area contributed by atoms with Gasteiger partial charge in [0.1, 0.15) is 5.75 Å². The van der Waals surface area contributed by atoms with Gasteiger partial charge in [0.05, 0.1) is 24.9 Å². The molecule has 1 heterocycles. The van der Waals surface area contributed by atoms with Crippen LogP contribution in [-0.2, 0) is 16.0 Å². The van der Waals surface area contributed by atoms with Crippen LogP contribution in [0.5, 0.6) is 5.75 Å². The minimum absolute atomic E-state index is 0.0924. The standard InChI is InChI=1S/C29H39N5O4/c1-20(35)31-26-19-22(29(37)32-24-9-7-23(30)8-10-24)6-13-27(26)33-14-3-15-34(17-16-33)28(36)18-21-4-11-25(38-2)12-5-21/h4-6,11-13,19,23-24H,3,7-10,14-18,30H2,1-2H3,(H,31,35)(H,32,37). The Bertz CT molecular complexity index is 1130. The summed E-state index contributed by atoms with van der Waals surface area (Å²) in [7, 11) is 1.62. The number of rotatable bonds is 7. The van der Waals surface area contributed by atoms with Gasteiger partial charge in [-0.1, -0.05) is 12.1 Å². The summed E-state index contributed by atoms with van der Waals surface area (Å²) in [4.78, 5) is 42.0. The zero-order chi connectivity index (χ0) is 27.1. The molecule has 1 saturated heterocycles. The van der Waals surface area contributed by atoms with Crippen molar-refractivity contribution in [2.75, 3.05) is 43.5 Å². The van der Waals surface area contributed by atoms with Gasteiger partial charge in [-0.2, -0.15) is 0 Å². The van der Waals surface area contributed by atoms with Gasteiger partial charge < -0.3 is 30.9 Å². The first kappa shape index (κ1) is 27.4. The van der Waals surface area contributed by atoms with Crippen LogP contribution in [0.3, 0.4) is 0 Å². The molecule has 1 saturated carbocycles. The lowest BCUT2D eigenvalue weighted by molar-refractivity contribution is -0.130. The summed E-state index contributed by atoms with van der Waals surface area (Å²) in [5.74, 6) is 0.518. The number of anilines is 2. The third-order valence-corrected chi connectivity index (χ3v) is 7.38. The van der Waals surface area contributed by atoms with Crippen LogP contribution in [0.2, 0.25) is 0 Å². The Kier molecular flexibility index (Phi) is 9.23. The Morgan fingerprint density at radius 3 is 2.39 bits per heavy atom. The summed E-state index contributed by atoms with van der Waals surface area (Å²) in [6, 6.07) is 13.4. The SMILES string of the molecule is COc1ccc(CC(=O)N2CCCN(c3ccc(C(=O)NC4CCC(N)CC4)cc3NC(C)=O)CC2)cc1. The number of hydrogen-bond donors (Lipinski definition) is 3. The molecule has 1 aliphatic carbocycles. The van der Waals surface area contributed by atoms with Gasteiger partial charge in [-0.15, -0.1) is 0 Å². The summed E-state index contributed by atoms with van der Waals surface area (Å²) >= 11 is 0. The van der Waals surface area contributed by atoms with E-state index in [1.54, 1.807) is 13.2 Å². The number of nitrogens with two attached hydrogens (primary N) is 1. The van der Waals surface area contributed by atoms with E-state index in [9.17, 15) is 14.4 Å². The zero-order valence-electron chi connectivity index (χ0n) is 22.4. The maximum absolute atomic E-state index is 13.0. The van der Waals surface area contributed by atoms with Gasteiger partial charge in [0.25, 0.3) is 5.91 Å². The largest absolute Gasteiger partial charge is 0.497 e. The monoisotopic (exact) mass is 521 g/mol. The highest BCUT2D eigenvalue weighted by Gasteiger charge is 2.24. The molecule has 0 unspecified atom stereocenters. The molecule has 1 aliphatic heterocycles. The average molecular weight is 522 g/mol. The molecule has 0 aromatic heterocycles. The molecule has 2 aliphatic rings. The van der Waals surface area contributed by atoms with E-state index in [0.717, 1.165) is 55.6 Å². The smallest absolute Gasteiger partial charge is 0.251 e. The van der Waals surface area contributed by atoms with E-state index in [1.807, 2.05) is 41.3 Å². The Morgan fingerprint density at radius 1 is 0.974 bits per heavy atom. The molecule has 3 amide bonds. The number of methoxy groups -OCH3 is 1. The lowest BCUT2D eigenvalue weighted by Gasteiger charge is -2.28. The zero-order valence-corrected chi connectivity index (χ0v) is 22.4. The molecular weight excluding hydrogens is 482 g/mol. The van der Waals surface area contributed by atoms with Gasteiger partial charge >= 0.3 is 0 Å². The van der Waals surface area contributed by atoms with Gasteiger partial charge in [-0.3, -0.25) is 14.4 Å². The predicted molar refractivity (Wildman–Crippen MR) is 149 cm³/mol. The number of carbonyl (C=O) groups excluding carboxylic acids is 3. The number of nitrogens with zero attached hydrogens (tertiary/aromatic N) is 2. The number of ether oxygens (including phenoxy) is 1. The van der Waals surface area contributed by atoms with Crippen LogP contribution in [0.4, 0.5) is 11.4 Å². The van der Waals surface area contributed by atoms with Crippen molar-refractivity contribution in [3.63, 3.8) is 0 Å². The van der Waals surface area contributed by atoms with Crippen molar-refractivity contribution in [2.45, 2.75) is 57.5 Å². The van der Waals surface area contributed by atoms with Gasteiger partial charge in [-0.25, -0.2) is 0 Å². The summed E-state index contributed by atoms with van der Waals surface area (Å²) in [5, 5.41) is 6.02. The summed E-state index contributed by atoms with van der Waals surface area (Å²) < 4.78 is 5.20. The fraction of sp³-hybridized carbons (Fsp3) is 0.483. The predicted octanol–water partition coefficient (Wildman–Crippen LogP) is 2.93. The van der Waals surface area contributed by atoms with Crippen molar-refractivity contribution in [3.05, 3.63) is 53.6 Å². The minimum Gasteiger partial charge on any atom is -0.497 e. The van der Waals surface area contributed by atoms with Crippen LogP contribution in [0, 0.1) is 0 Å². The van der Waals surface area contributed by atoms with Gasteiger partial charge in [0, 0.05) is 50.7 Å². The van der Waals surface area contributed by atoms with Crippen molar-refractivity contribution in [1.82, 2.24) is 10.2 Å². The lowest BCUT2D eigenvalue weighted by atomic mass is 9.91. The average Bonchev–Trinajstić information content (AvgIpc) is 3.16. The molecule has 9 nitrogen and oxygen atoms in total. The first-order valence-corrected chi connectivity index (χ1v) is 13.5. The molecule has 0 radical (unpaired) electrons. The molecule has 2 aromatic rings. The normalized spacial score (nSPS) is 19.9. The Balaban J connectivity index is 1.41. The quantitative estimate of drug-likeness (QED) is 0.516. The van der Waals surface area contributed by atoms with Crippen LogP contribution in [0.25, 0.3) is 0 Å². The number of nitrogens with one attached hydrogen (secondary N) is 2. The second kappa shape index (κ2) is 12.8. The van der Waals surface area contributed by atoms with Gasteiger partial charge in [0.2, 0.25) is 11.8 Å². The maximum atomic E-state index is 13.0. The lowest BCUT2D eigenvalue weighted by Crippen LogP contribution is -2.40. The summed E-state index contributed by atoms with van der Waals surface area (Å²) in [5.41, 5.74) is 8.91. The molecule has 2 fully saturated rings. The van der Waals surface area contributed by atoms with Crippen molar-refractivity contribution >= 4 is 29.1 Å². The fourth-order valence-electron chi connectivity index (χ4n) is 5.21. The van der Waals surface area contributed by atoms with E-state index >= 15 is 0 Å². The van der Waals surface area contributed by atoms with Crippen LogP contribution in [0.15, 0.2) is 42.5 Å². The first-order chi connectivity index (χ1) is 18.3. The highest BCUT2D eigenvalue weighted by molar-refractivity contribution is 5.99. The summed E-state index contributed by atoms with van der Waals surface area (Å²) in [6.45, 7) is 4.10. The fourth-order valence-corrected chi connectivity index (χ4v) is 5.21. The van der Waals surface area contributed by atoms with Crippen molar-refractivity contribution in [1.29, 1.82) is 0 Å². The molecule has 0 spiro atoms. The Hall–Kier alpha value is -3.59. The second-order valence-corrected chi connectivity index (χ2v) is 10.2. The summed E-state index contributed by atoms with van der Waals surface area (Å²) in [6.07, 6.45) is 4.74. The van der Waals surface area contributed by atoms with E-state index in [4.69, 9.17) is 10.5 Å². The highest BCUT2D eigenvalue weighted by atomic mass is 16.5. The maximum Gasteiger partial charge on any atom is 0.251 e. The van der Waals surface area contributed by atoms with Crippen molar-refractivity contribution in [2.24, 2.45) is 5.73 Å². The molecule has 9 heteroatoms. The van der Waals surface area contributed by atoms with Gasteiger partial charge in [0.15, 0.2) is 0 Å². The van der Waals surface area contributed by atoms with E-state index in [1.165, 1.54) is 6.92 Å². The van der Waals surface area contributed by atoms with Crippen LogP contribution in [-0.4, -0.2) is 68.0 Å². The molecule has 0 atom stereocenters. The number of amides is 3. The molecule has 38 heavy (non-hydrogen) atoms. The van der Waals surface area contributed by atoms with Gasteiger partial charge in [-0.05, 0) is 68.0 Å². The van der Waals surface area contributed by atoms with Crippen molar-refractivity contribution in [3.8, 4) is 5.75 Å². The molecule has 2 aromatic carbocycles. The van der Waals surface area contributed by atoms with Crippen LogP contribution < -0.4 is 26.0 Å². The van der Waals surface area contributed by atoms with E-state index in [0.29, 0.717) is 37.3 Å². The number of hydrogen-bond acceptors (Lipinski definition) is 6. The van der Waals surface area contributed by atoms with Crippen molar-refractivity contribution < 1.29 is 19.1 Å². The Labute approximate surface area is 224 Å². The molecule has 0 bridgehead atoms. The third-order valence-electron chi connectivity index (χ3n) is 7.38. The topological polar surface area (TPSA) is 117 Å². The van der Waals surface area contributed by atoms with E-state index < -0.39 is 0 Å². The molecular formula is C29H39N5O4. The van der Waals surface area contributed by atoms with E-state index in [-0.39, 0.29) is 29.8 Å². The number of carbonyl (C=O) groups is 3. The Morgan fingerprint density at radius 2 is 1.71 bits per heavy atom. The molecule has 4 rings (SSSR count). The van der Waals surface area contributed by atoms with E-state index in [2.05, 4.69) is 15.5 Å². The third kappa shape index (κ3) is 7.25. The number of benzene rings is 2. The highest BCUT2D eigenvalue weighted by Crippen LogP contribution is 2.29. The first-order valence-electron chi connectivity index (χ1n) is 13.5. The van der Waals surface area contributed by atoms with Crippen LogP contribution >= 0.6 is 0 Å². The second-order valence-electron chi connectivity index (χ2n) is 10.2. The minimum atomic E-state index is -0.198. The molecule has 4 N–H and O–H groups in total. The molecule has 204 valence electrons. The van der Waals surface area contributed by atoms with Crippen LogP contribution in [0.1, 0.15) is 54.9 Å².